The first kappa shape index (κ1) is 13.9. The summed E-state index contributed by atoms with van der Waals surface area (Å²) in [5.41, 5.74) is 1.42. The van der Waals surface area contributed by atoms with E-state index in [1.165, 1.54) is 0 Å². The van der Waals surface area contributed by atoms with Crippen molar-refractivity contribution in [1.29, 1.82) is 0 Å². The van der Waals surface area contributed by atoms with E-state index in [0.29, 0.717) is 24.1 Å². The number of rotatable bonds is 6. The van der Waals surface area contributed by atoms with E-state index in [1.54, 1.807) is 10.9 Å². The number of para-hydroxylation sites is 1. The summed E-state index contributed by atoms with van der Waals surface area (Å²) >= 11 is 0. The maximum absolute atomic E-state index is 12.4. The maximum Gasteiger partial charge on any atom is 0.183 e. The zero-order chi connectivity index (χ0) is 14.7. The smallest absolute Gasteiger partial charge is 0.183 e. The zero-order valence-corrected chi connectivity index (χ0v) is 12.1. The standard InChI is InChI=1S/C16H19N3O2/c1-2-21-14-8-12(9-14)10-16(20)15-11-17-18-19(15)13-6-4-3-5-7-13/h3-7,11-12,14H,2,8-10H2,1H3. The van der Waals surface area contributed by atoms with Crippen LogP contribution in [0.3, 0.4) is 0 Å². The quantitative estimate of drug-likeness (QED) is 0.766. The second-order valence-corrected chi connectivity index (χ2v) is 5.41. The van der Waals surface area contributed by atoms with Crippen molar-refractivity contribution in [3.63, 3.8) is 0 Å². The Balaban J connectivity index is 1.66. The number of Topliss-reactive ketones (excluding diaryl/α,β-unsaturated/α-hetero) is 1. The third-order valence-corrected chi connectivity index (χ3v) is 3.90. The summed E-state index contributed by atoms with van der Waals surface area (Å²) in [4.78, 5) is 12.4. The van der Waals surface area contributed by atoms with Gasteiger partial charge in [-0.2, -0.15) is 0 Å². The van der Waals surface area contributed by atoms with Gasteiger partial charge >= 0.3 is 0 Å². The Kier molecular flexibility index (Phi) is 4.10. The Bertz CT molecular complexity index is 603. The van der Waals surface area contributed by atoms with E-state index in [-0.39, 0.29) is 5.78 Å². The van der Waals surface area contributed by atoms with Crippen molar-refractivity contribution >= 4 is 5.78 Å². The average Bonchev–Trinajstić information content (AvgIpc) is 2.95. The van der Waals surface area contributed by atoms with Crippen molar-refractivity contribution in [1.82, 2.24) is 15.0 Å². The lowest BCUT2D eigenvalue weighted by Crippen LogP contribution is -2.33. The van der Waals surface area contributed by atoms with Gasteiger partial charge in [0.2, 0.25) is 0 Å². The predicted octanol–water partition coefficient (Wildman–Crippen LogP) is 2.66. The molecule has 1 heterocycles. The summed E-state index contributed by atoms with van der Waals surface area (Å²) < 4.78 is 7.14. The van der Waals surface area contributed by atoms with Crippen LogP contribution in [0.15, 0.2) is 36.5 Å². The predicted molar refractivity (Wildman–Crippen MR) is 78.4 cm³/mol. The van der Waals surface area contributed by atoms with E-state index in [0.717, 1.165) is 25.1 Å². The molecular formula is C16H19N3O2. The number of aromatic nitrogens is 3. The fourth-order valence-electron chi connectivity index (χ4n) is 2.76. The lowest BCUT2D eigenvalue weighted by Gasteiger charge is -2.34. The van der Waals surface area contributed by atoms with Crippen LogP contribution >= 0.6 is 0 Å². The van der Waals surface area contributed by atoms with Crippen LogP contribution in [0.1, 0.15) is 36.7 Å². The highest BCUT2D eigenvalue weighted by molar-refractivity contribution is 5.94. The van der Waals surface area contributed by atoms with Gasteiger partial charge in [0, 0.05) is 13.0 Å². The minimum absolute atomic E-state index is 0.101. The molecule has 1 aliphatic rings. The molecule has 0 bridgehead atoms. The number of hydrogen-bond acceptors (Lipinski definition) is 4. The third kappa shape index (κ3) is 3.03. The van der Waals surface area contributed by atoms with Gasteiger partial charge in [0.1, 0.15) is 5.69 Å². The summed E-state index contributed by atoms with van der Waals surface area (Å²) in [6.07, 6.45) is 4.39. The van der Waals surface area contributed by atoms with E-state index in [9.17, 15) is 4.79 Å². The molecule has 0 spiro atoms. The highest BCUT2D eigenvalue weighted by atomic mass is 16.5. The first-order chi connectivity index (χ1) is 10.3. The van der Waals surface area contributed by atoms with Gasteiger partial charge in [0.15, 0.2) is 5.78 Å². The number of carbonyl (C=O) groups excluding carboxylic acids is 1. The largest absolute Gasteiger partial charge is 0.378 e. The van der Waals surface area contributed by atoms with E-state index >= 15 is 0 Å². The van der Waals surface area contributed by atoms with Crippen molar-refractivity contribution < 1.29 is 9.53 Å². The van der Waals surface area contributed by atoms with Gasteiger partial charge in [0.25, 0.3) is 0 Å². The number of nitrogens with zero attached hydrogens (tertiary/aromatic N) is 3. The van der Waals surface area contributed by atoms with E-state index in [1.807, 2.05) is 37.3 Å². The lowest BCUT2D eigenvalue weighted by atomic mass is 9.78. The SMILES string of the molecule is CCOC1CC(CC(=O)c2cnnn2-c2ccccc2)C1. The number of carbonyl (C=O) groups is 1. The van der Waals surface area contributed by atoms with Gasteiger partial charge in [-0.05, 0) is 37.8 Å². The van der Waals surface area contributed by atoms with Gasteiger partial charge in [-0.25, -0.2) is 4.68 Å². The van der Waals surface area contributed by atoms with Crippen molar-refractivity contribution in [2.24, 2.45) is 5.92 Å². The fraction of sp³-hybridized carbons (Fsp3) is 0.438. The lowest BCUT2D eigenvalue weighted by molar-refractivity contribution is -0.0246. The van der Waals surface area contributed by atoms with Crippen LogP contribution in [0.4, 0.5) is 0 Å². The molecule has 110 valence electrons. The molecule has 1 aromatic heterocycles. The molecule has 0 radical (unpaired) electrons. The van der Waals surface area contributed by atoms with Crippen LogP contribution in [0.2, 0.25) is 0 Å². The van der Waals surface area contributed by atoms with Gasteiger partial charge in [0.05, 0.1) is 18.0 Å². The van der Waals surface area contributed by atoms with Gasteiger partial charge < -0.3 is 4.74 Å². The molecule has 5 heteroatoms. The van der Waals surface area contributed by atoms with Crippen molar-refractivity contribution in [3.05, 3.63) is 42.2 Å². The van der Waals surface area contributed by atoms with Crippen LogP contribution in [0.25, 0.3) is 5.69 Å². The van der Waals surface area contributed by atoms with Gasteiger partial charge in [-0.15, -0.1) is 5.10 Å². The first-order valence-electron chi connectivity index (χ1n) is 7.39. The fourth-order valence-corrected chi connectivity index (χ4v) is 2.76. The topological polar surface area (TPSA) is 57.0 Å². The van der Waals surface area contributed by atoms with Crippen LogP contribution in [0, 0.1) is 5.92 Å². The summed E-state index contributed by atoms with van der Waals surface area (Å²) in [6.45, 7) is 2.75. The minimum Gasteiger partial charge on any atom is -0.378 e. The van der Waals surface area contributed by atoms with Crippen molar-refractivity contribution in [3.8, 4) is 5.69 Å². The molecule has 1 aromatic carbocycles. The molecule has 1 fully saturated rings. The van der Waals surface area contributed by atoms with Crippen LogP contribution in [-0.2, 0) is 4.74 Å². The summed E-state index contributed by atoms with van der Waals surface area (Å²) in [6, 6.07) is 9.61. The molecular weight excluding hydrogens is 266 g/mol. The molecule has 0 atom stereocenters. The second-order valence-electron chi connectivity index (χ2n) is 5.41. The Labute approximate surface area is 123 Å². The number of ketones is 1. The van der Waals surface area contributed by atoms with Crippen molar-refractivity contribution in [2.45, 2.75) is 32.3 Å². The Morgan fingerprint density at radius 2 is 2.10 bits per heavy atom. The first-order valence-corrected chi connectivity index (χ1v) is 7.39. The highest BCUT2D eigenvalue weighted by Crippen LogP contribution is 2.33. The number of hydrogen-bond donors (Lipinski definition) is 0. The molecule has 1 saturated carbocycles. The maximum atomic E-state index is 12.4. The monoisotopic (exact) mass is 285 g/mol. The molecule has 3 rings (SSSR count). The summed E-state index contributed by atoms with van der Waals surface area (Å²) in [5.74, 6) is 0.525. The number of benzene rings is 1. The molecule has 0 unspecified atom stereocenters. The highest BCUT2D eigenvalue weighted by Gasteiger charge is 2.32. The molecule has 0 aliphatic heterocycles. The van der Waals surface area contributed by atoms with Crippen LogP contribution < -0.4 is 0 Å². The molecule has 21 heavy (non-hydrogen) atoms. The Hall–Kier alpha value is -2.01. The van der Waals surface area contributed by atoms with Crippen LogP contribution in [0.5, 0.6) is 0 Å². The molecule has 0 amide bonds. The minimum atomic E-state index is 0.101. The Morgan fingerprint density at radius 3 is 2.81 bits per heavy atom. The molecule has 1 aliphatic carbocycles. The van der Waals surface area contributed by atoms with Crippen LogP contribution in [-0.4, -0.2) is 33.5 Å². The van der Waals surface area contributed by atoms with Gasteiger partial charge in [-0.1, -0.05) is 23.4 Å². The molecule has 0 saturated heterocycles. The summed E-state index contributed by atoms with van der Waals surface area (Å²) in [5, 5.41) is 7.91. The van der Waals surface area contributed by atoms with E-state index in [2.05, 4.69) is 10.3 Å². The normalized spacial score (nSPS) is 21.0. The summed E-state index contributed by atoms with van der Waals surface area (Å²) in [7, 11) is 0. The second kappa shape index (κ2) is 6.18. The molecule has 2 aromatic rings. The van der Waals surface area contributed by atoms with Crippen molar-refractivity contribution in [2.75, 3.05) is 6.61 Å². The molecule has 5 nitrogen and oxygen atoms in total. The van der Waals surface area contributed by atoms with E-state index < -0.39 is 0 Å². The Morgan fingerprint density at radius 1 is 1.33 bits per heavy atom. The number of ether oxygens (including phenoxy) is 1. The zero-order valence-electron chi connectivity index (χ0n) is 12.1. The van der Waals surface area contributed by atoms with E-state index in [4.69, 9.17) is 4.74 Å². The van der Waals surface area contributed by atoms with Gasteiger partial charge in [-0.3, -0.25) is 4.79 Å². The molecule has 0 N–H and O–H groups in total. The average molecular weight is 285 g/mol. The third-order valence-electron chi connectivity index (χ3n) is 3.90.